The summed E-state index contributed by atoms with van der Waals surface area (Å²) in [4.78, 5) is 15.6. The smallest absolute Gasteiger partial charge is 0.340 e. The number of hydrogen-bond donors (Lipinski definition) is 2. The summed E-state index contributed by atoms with van der Waals surface area (Å²) >= 11 is 0. The Morgan fingerprint density at radius 2 is 1.79 bits per heavy atom. The van der Waals surface area contributed by atoms with Crippen molar-refractivity contribution in [3.05, 3.63) is 92.9 Å². The van der Waals surface area contributed by atoms with E-state index in [1.807, 2.05) is 0 Å². The van der Waals surface area contributed by atoms with Crippen molar-refractivity contribution < 1.29 is 24.5 Å². The molecule has 8 heteroatoms. The fourth-order valence-corrected chi connectivity index (χ4v) is 4.11. The molecule has 1 spiro atoms. The van der Waals surface area contributed by atoms with Crippen LogP contribution in [0.5, 0.6) is 23.0 Å². The van der Waals surface area contributed by atoms with Gasteiger partial charge in [0.25, 0.3) is 0 Å². The van der Waals surface area contributed by atoms with Gasteiger partial charge in [0, 0.05) is 28.2 Å². The molecule has 2 heterocycles. The van der Waals surface area contributed by atoms with Crippen LogP contribution in [0.4, 0.5) is 0 Å². The van der Waals surface area contributed by atoms with Gasteiger partial charge in [0.05, 0.1) is 17.7 Å². The normalized spacial score (nSPS) is 18.1. The maximum atomic E-state index is 12.8. The van der Waals surface area contributed by atoms with Crippen molar-refractivity contribution in [2.75, 3.05) is 0 Å². The van der Waals surface area contributed by atoms with Crippen LogP contribution in [0.3, 0.4) is 0 Å². The number of nitrogens with zero attached hydrogens (tertiary/aromatic N) is 3. The number of carbonyl (C=O) groups excluding carboxylic acids is 1. The first kappa shape index (κ1) is 17.0. The molecule has 2 aliphatic rings. The lowest BCUT2D eigenvalue weighted by atomic mass is 9.75. The van der Waals surface area contributed by atoms with Gasteiger partial charge >= 0.3 is 5.97 Å². The Morgan fingerprint density at radius 3 is 2.62 bits per heavy atom. The summed E-state index contributed by atoms with van der Waals surface area (Å²) in [6, 6.07) is 14.4. The lowest BCUT2D eigenvalue weighted by Crippen LogP contribution is -2.34. The Hall–Kier alpha value is -4.16. The van der Waals surface area contributed by atoms with Gasteiger partial charge in [-0.05, 0) is 35.4 Å². The summed E-state index contributed by atoms with van der Waals surface area (Å²) in [7, 11) is 0. The first-order chi connectivity index (χ1) is 14.0. The predicted octanol–water partition coefficient (Wildman–Crippen LogP) is 4.48. The second-order valence-corrected chi connectivity index (χ2v) is 6.77. The summed E-state index contributed by atoms with van der Waals surface area (Å²) in [6.45, 7) is -0.0779. The molecule has 3 aromatic carbocycles. The summed E-state index contributed by atoms with van der Waals surface area (Å²) in [5.41, 5.74) is 9.90. The molecule has 1 unspecified atom stereocenters. The van der Waals surface area contributed by atoms with Gasteiger partial charge in [0.15, 0.2) is 5.60 Å². The van der Waals surface area contributed by atoms with Gasteiger partial charge in [-0.25, -0.2) is 4.79 Å². The second-order valence-electron chi connectivity index (χ2n) is 6.77. The van der Waals surface area contributed by atoms with Crippen molar-refractivity contribution in [3.63, 3.8) is 0 Å². The Labute approximate surface area is 164 Å². The molecule has 0 radical (unpaired) electrons. The zero-order valence-corrected chi connectivity index (χ0v) is 14.9. The maximum absolute atomic E-state index is 12.8. The van der Waals surface area contributed by atoms with Crippen LogP contribution >= 0.6 is 0 Å². The first-order valence-corrected chi connectivity index (χ1v) is 8.76. The SMILES string of the molecule is [N-]=[N+]=NCc1cc(O)cc2c1C1(OC(=O)c3ccccc31)c1ccc(O)cc1O2. The largest absolute Gasteiger partial charge is 0.508 e. The molecule has 142 valence electrons. The molecule has 0 fully saturated rings. The summed E-state index contributed by atoms with van der Waals surface area (Å²) < 4.78 is 11.9. The molecule has 29 heavy (non-hydrogen) atoms. The van der Waals surface area contributed by atoms with Crippen molar-refractivity contribution in [1.82, 2.24) is 0 Å². The van der Waals surface area contributed by atoms with E-state index in [1.54, 1.807) is 30.3 Å². The highest BCUT2D eigenvalue weighted by molar-refractivity contribution is 5.97. The minimum Gasteiger partial charge on any atom is -0.508 e. The number of azide groups is 1. The van der Waals surface area contributed by atoms with Gasteiger partial charge in [0.1, 0.15) is 23.0 Å². The maximum Gasteiger partial charge on any atom is 0.340 e. The minimum atomic E-state index is -1.36. The van der Waals surface area contributed by atoms with E-state index in [1.165, 1.54) is 24.3 Å². The zero-order chi connectivity index (χ0) is 20.2. The molecular formula is C21H13N3O5. The molecule has 0 bridgehead atoms. The number of benzene rings is 3. The van der Waals surface area contributed by atoms with Crippen LogP contribution < -0.4 is 4.74 Å². The lowest BCUT2D eigenvalue weighted by Gasteiger charge is -2.37. The van der Waals surface area contributed by atoms with Crippen molar-refractivity contribution in [1.29, 1.82) is 0 Å². The van der Waals surface area contributed by atoms with Crippen molar-refractivity contribution in [2.24, 2.45) is 5.11 Å². The van der Waals surface area contributed by atoms with Gasteiger partial charge in [-0.2, -0.15) is 0 Å². The highest BCUT2D eigenvalue weighted by atomic mass is 16.6. The van der Waals surface area contributed by atoms with Gasteiger partial charge in [0.2, 0.25) is 0 Å². The molecule has 3 aromatic rings. The zero-order valence-electron chi connectivity index (χ0n) is 14.9. The topological polar surface area (TPSA) is 125 Å². The van der Waals surface area contributed by atoms with Crippen LogP contribution in [0.15, 0.2) is 59.7 Å². The number of aromatic hydroxyl groups is 2. The minimum absolute atomic E-state index is 0.0191. The van der Waals surface area contributed by atoms with E-state index < -0.39 is 11.6 Å². The number of phenolic OH excluding ortho intramolecular Hbond substituents is 2. The van der Waals surface area contributed by atoms with E-state index in [4.69, 9.17) is 15.0 Å². The molecule has 0 saturated heterocycles. The summed E-state index contributed by atoms with van der Waals surface area (Å²) in [6.07, 6.45) is 0. The third-order valence-corrected chi connectivity index (χ3v) is 5.16. The van der Waals surface area contributed by atoms with Crippen LogP contribution in [-0.2, 0) is 16.9 Å². The van der Waals surface area contributed by atoms with Crippen molar-refractivity contribution in [3.8, 4) is 23.0 Å². The van der Waals surface area contributed by atoms with Crippen LogP contribution in [-0.4, -0.2) is 16.2 Å². The van der Waals surface area contributed by atoms with E-state index in [9.17, 15) is 15.0 Å². The number of rotatable bonds is 2. The first-order valence-electron chi connectivity index (χ1n) is 8.76. The van der Waals surface area contributed by atoms with Gasteiger partial charge in [-0.1, -0.05) is 23.3 Å². The Kier molecular flexibility index (Phi) is 3.46. The molecule has 0 aromatic heterocycles. The predicted molar refractivity (Wildman–Crippen MR) is 101 cm³/mol. The third kappa shape index (κ3) is 2.27. The quantitative estimate of drug-likeness (QED) is 0.290. The van der Waals surface area contributed by atoms with Crippen LogP contribution in [0.1, 0.15) is 32.6 Å². The average Bonchev–Trinajstić information content (AvgIpc) is 2.99. The van der Waals surface area contributed by atoms with Crippen molar-refractivity contribution in [2.45, 2.75) is 12.1 Å². The van der Waals surface area contributed by atoms with E-state index >= 15 is 0 Å². The monoisotopic (exact) mass is 387 g/mol. The van der Waals surface area contributed by atoms with E-state index in [0.717, 1.165) is 0 Å². The standard InChI is InChI=1S/C21H13N3O5/c22-24-23-10-11-7-13(26)9-18-19(11)21(16-6-5-12(25)8-17(16)28-18)15-4-2-1-3-14(15)20(27)29-21/h1-9,25-26H,10H2. The molecule has 0 amide bonds. The second kappa shape index (κ2) is 5.92. The van der Waals surface area contributed by atoms with Crippen molar-refractivity contribution >= 4 is 5.97 Å². The number of ether oxygens (including phenoxy) is 2. The number of esters is 1. The Bertz CT molecular complexity index is 1250. The molecule has 5 rings (SSSR count). The number of carbonyl (C=O) groups is 1. The van der Waals surface area contributed by atoms with Crippen LogP contribution in [0.2, 0.25) is 0 Å². The van der Waals surface area contributed by atoms with Gasteiger partial charge in [-0.3, -0.25) is 0 Å². The molecule has 0 aliphatic carbocycles. The number of phenols is 2. The molecule has 0 saturated carbocycles. The summed E-state index contributed by atoms with van der Waals surface area (Å²) in [5, 5.41) is 23.7. The van der Waals surface area contributed by atoms with E-state index in [-0.39, 0.29) is 23.8 Å². The number of hydrogen-bond acceptors (Lipinski definition) is 6. The third-order valence-electron chi connectivity index (χ3n) is 5.16. The molecule has 1 atom stereocenters. The molecule has 2 N–H and O–H groups in total. The Morgan fingerprint density at radius 1 is 1.00 bits per heavy atom. The lowest BCUT2D eigenvalue weighted by molar-refractivity contribution is 0.0221. The van der Waals surface area contributed by atoms with Crippen LogP contribution in [0, 0.1) is 0 Å². The number of fused-ring (bicyclic) bond motifs is 6. The average molecular weight is 387 g/mol. The molecule has 8 nitrogen and oxygen atoms in total. The van der Waals surface area contributed by atoms with E-state index in [0.29, 0.717) is 33.6 Å². The molecule has 2 aliphatic heterocycles. The fraction of sp³-hybridized carbons (Fsp3) is 0.0952. The fourth-order valence-electron chi connectivity index (χ4n) is 4.11. The molecular weight excluding hydrogens is 374 g/mol. The Balaban J connectivity index is 1.92. The van der Waals surface area contributed by atoms with Gasteiger partial charge in [-0.15, -0.1) is 0 Å². The van der Waals surface area contributed by atoms with Crippen LogP contribution in [0.25, 0.3) is 10.4 Å². The van der Waals surface area contributed by atoms with E-state index in [2.05, 4.69) is 10.0 Å². The van der Waals surface area contributed by atoms with Gasteiger partial charge < -0.3 is 19.7 Å². The highest BCUT2D eigenvalue weighted by Crippen LogP contribution is 2.58. The summed E-state index contributed by atoms with van der Waals surface area (Å²) in [5.74, 6) is -0.0777. The highest BCUT2D eigenvalue weighted by Gasteiger charge is 2.54.